The summed E-state index contributed by atoms with van der Waals surface area (Å²) in [5, 5.41) is 14.6. The average molecular weight is 497 g/mol. The first-order valence-corrected chi connectivity index (χ1v) is 11.5. The molecule has 3 aromatic rings. The van der Waals surface area contributed by atoms with Crippen LogP contribution in [0.1, 0.15) is 35.7 Å². The van der Waals surface area contributed by atoms with E-state index in [1.54, 1.807) is 11.6 Å². The number of ether oxygens (including phenoxy) is 1. The summed E-state index contributed by atoms with van der Waals surface area (Å²) in [7, 11) is 1.70. The Kier molecular flexibility index (Phi) is 7.36. The third kappa shape index (κ3) is 5.46. The number of fused-ring (bicyclic) bond motifs is 3. The van der Waals surface area contributed by atoms with E-state index in [0.29, 0.717) is 11.0 Å². The zero-order valence-electron chi connectivity index (χ0n) is 19.0. The van der Waals surface area contributed by atoms with E-state index in [0.717, 1.165) is 22.3 Å². The van der Waals surface area contributed by atoms with Crippen molar-refractivity contribution in [3.63, 3.8) is 0 Å². The molecule has 0 radical (unpaired) electrons. The maximum Gasteiger partial charge on any atom is 0.407 e. The van der Waals surface area contributed by atoms with Crippen LogP contribution in [0.3, 0.4) is 0 Å². The van der Waals surface area contributed by atoms with Crippen LogP contribution >= 0.6 is 11.6 Å². The van der Waals surface area contributed by atoms with Gasteiger partial charge in [0.25, 0.3) is 0 Å². The van der Waals surface area contributed by atoms with E-state index in [1.807, 2.05) is 48.5 Å². The summed E-state index contributed by atoms with van der Waals surface area (Å²) >= 11 is 5.96. The number of benzene rings is 2. The largest absolute Gasteiger partial charge is 0.481 e. The molecule has 35 heavy (non-hydrogen) atoms. The van der Waals surface area contributed by atoms with Crippen molar-refractivity contribution in [3.8, 4) is 11.1 Å². The van der Waals surface area contributed by atoms with Gasteiger partial charge in [-0.05, 0) is 28.7 Å². The number of carboxylic acids is 1. The van der Waals surface area contributed by atoms with Gasteiger partial charge in [0.05, 0.1) is 12.7 Å². The highest BCUT2D eigenvalue weighted by Crippen LogP contribution is 2.44. The van der Waals surface area contributed by atoms with Gasteiger partial charge in [-0.25, -0.2) is 9.78 Å². The summed E-state index contributed by atoms with van der Waals surface area (Å²) in [6.07, 6.45) is 0.278. The van der Waals surface area contributed by atoms with Crippen molar-refractivity contribution in [2.75, 3.05) is 6.61 Å². The lowest BCUT2D eigenvalue weighted by Gasteiger charge is -2.19. The molecule has 4 rings (SSSR count). The Morgan fingerprint density at radius 2 is 1.74 bits per heavy atom. The summed E-state index contributed by atoms with van der Waals surface area (Å²) in [6.45, 7) is 0.150. The minimum Gasteiger partial charge on any atom is -0.481 e. The first kappa shape index (κ1) is 24.3. The normalized spacial score (nSPS) is 13.0. The molecule has 2 aromatic carbocycles. The van der Waals surface area contributed by atoms with Crippen LogP contribution in [-0.2, 0) is 27.9 Å². The molecular formula is C25H25ClN4O5. The third-order valence-corrected chi connectivity index (χ3v) is 6.40. The summed E-state index contributed by atoms with van der Waals surface area (Å²) in [4.78, 5) is 40.5. The molecule has 0 saturated heterocycles. The SMILES string of the molecule is Cn1c(Cl)cnc1CNC(=O)C(CCC(=O)O)NC(=O)OCC1c2ccccc2-c2ccccc21. The van der Waals surface area contributed by atoms with E-state index in [-0.39, 0.29) is 31.9 Å². The number of nitrogens with zero attached hydrogens (tertiary/aromatic N) is 2. The third-order valence-electron chi connectivity index (χ3n) is 6.05. The van der Waals surface area contributed by atoms with Gasteiger partial charge in [0.15, 0.2) is 0 Å². The fourth-order valence-corrected chi connectivity index (χ4v) is 4.34. The molecule has 1 heterocycles. The summed E-state index contributed by atoms with van der Waals surface area (Å²) in [5.41, 5.74) is 4.33. The lowest BCUT2D eigenvalue weighted by Crippen LogP contribution is -2.47. The minimum atomic E-state index is -1.09. The van der Waals surface area contributed by atoms with Crippen molar-refractivity contribution in [2.45, 2.75) is 31.3 Å². The van der Waals surface area contributed by atoms with Crippen LogP contribution in [0.4, 0.5) is 4.79 Å². The van der Waals surface area contributed by atoms with E-state index in [4.69, 9.17) is 21.4 Å². The Labute approximate surface area is 207 Å². The number of imidazole rings is 1. The van der Waals surface area contributed by atoms with Crippen LogP contribution in [0, 0.1) is 0 Å². The Balaban J connectivity index is 1.39. The highest BCUT2D eigenvalue weighted by Gasteiger charge is 2.30. The number of rotatable bonds is 9. The molecule has 10 heteroatoms. The topological polar surface area (TPSA) is 123 Å². The second kappa shape index (κ2) is 10.6. The molecule has 1 aromatic heterocycles. The summed E-state index contributed by atoms with van der Waals surface area (Å²) < 4.78 is 7.11. The van der Waals surface area contributed by atoms with Gasteiger partial charge in [-0.15, -0.1) is 0 Å². The summed E-state index contributed by atoms with van der Waals surface area (Å²) in [6, 6.07) is 14.8. The molecule has 1 unspecified atom stereocenters. The van der Waals surface area contributed by atoms with Gasteiger partial charge in [0.2, 0.25) is 5.91 Å². The Morgan fingerprint density at radius 1 is 1.11 bits per heavy atom. The number of carbonyl (C=O) groups excluding carboxylic acids is 2. The Bertz CT molecular complexity index is 1210. The number of carboxylic acid groups (broad SMARTS) is 1. The molecule has 0 fully saturated rings. The number of aromatic nitrogens is 2. The number of aliphatic carboxylic acids is 1. The molecule has 1 aliphatic carbocycles. The van der Waals surface area contributed by atoms with Crippen LogP contribution in [-0.4, -0.2) is 45.3 Å². The predicted molar refractivity (Wildman–Crippen MR) is 129 cm³/mol. The molecule has 0 spiro atoms. The molecule has 0 saturated carbocycles. The first-order chi connectivity index (χ1) is 16.8. The van der Waals surface area contributed by atoms with E-state index in [1.165, 1.54) is 6.20 Å². The average Bonchev–Trinajstić information content (AvgIpc) is 3.35. The van der Waals surface area contributed by atoms with Crippen LogP contribution in [0.5, 0.6) is 0 Å². The fraction of sp³-hybridized carbons (Fsp3) is 0.280. The lowest BCUT2D eigenvalue weighted by atomic mass is 9.98. The van der Waals surface area contributed by atoms with Crippen molar-refractivity contribution in [3.05, 3.63) is 76.8 Å². The standard InChI is InChI=1S/C25H25ClN4O5/c1-30-21(26)12-27-22(30)13-28-24(33)20(10-11-23(31)32)29-25(34)35-14-19-17-8-4-2-6-15(17)16-7-3-5-9-18(16)19/h2-9,12,19-20H,10-11,13-14H2,1H3,(H,28,33)(H,29,34)(H,31,32). The highest BCUT2D eigenvalue weighted by atomic mass is 35.5. The van der Waals surface area contributed by atoms with Crippen LogP contribution in [0.15, 0.2) is 54.7 Å². The molecule has 3 N–H and O–H groups in total. The molecule has 182 valence electrons. The maximum absolute atomic E-state index is 12.7. The number of amides is 2. The van der Waals surface area contributed by atoms with Crippen LogP contribution in [0.2, 0.25) is 5.15 Å². The monoisotopic (exact) mass is 496 g/mol. The maximum atomic E-state index is 12.7. The van der Waals surface area contributed by atoms with Crippen LogP contribution in [0.25, 0.3) is 11.1 Å². The highest BCUT2D eigenvalue weighted by molar-refractivity contribution is 6.29. The lowest BCUT2D eigenvalue weighted by molar-refractivity contribution is -0.137. The van der Waals surface area contributed by atoms with Gasteiger partial charge in [0.1, 0.15) is 23.6 Å². The molecule has 1 atom stereocenters. The Morgan fingerprint density at radius 3 is 2.31 bits per heavy atom. The van der Waals surface area contributed by atoms with Gasteiger partial charge < -0.3 is 25.0 Å². The second-order valence-electron chi connectivity index (χ2n) is 8.23. The molecule has 0 bridgehead atoms. The zero-order valence-corrected chi connectivity index (χ0v) is 19.8. The van der Waals surface area contributed by atoms with Crippen molar-refractivity contribution in [1.29, 1.82) is 0 Å². The van der Waals surface area contributed by atoms with Gasteiger partial charge >= 0.3 is 12.1 Å². The number of hydrogen-bond donors (Lipinski definition) is 3. The molecule has 2 amide bonds. The number of alkyl carbamates (subject to hydrolysis) is 1. The number of halogens is 1. The molecular weight excluding hydrogens is 472 g/mol. The van der Waals surface area contributed by atoms with Crippen molar-refractivity contribution in [1.82, 2.24) is 20.2 Å². The zero-order chi connectivity index (χ0) is 24.9. The van der Waals surface area contributed by atoms with Crippen molar-refractivity contribution >= 4 is 29.6 Å². The van der Waals surface area contributed by atoms with Gasteiger partial charge in [-0.2, -0.15) is 0 Å². The van der Waals surface area contributed by atoms with Crippen LogP contribution < -0.4 is 10.6 Å². The number of hydrogen-bond acceptors (Lipinski definition) is 5. The minimum absolute atomic E-state index is 0.0675. The van der Waals surface area contributed by atoms with E-state index >= 15 is 0 Å². The fourth-order valence-electron chi connectivity index (χ4n) is 4.20. The van der Waals surface area contributed by atoms with Gasteiger partial charge in [-0.1, -0.05) is 60.1 Å². The molecule has 9 nitrogen and oxygen atoms in total. The Hall–Kier alpha value is -3.85. The van der Waals surface area contributed by atoms with Crippen molar-refractivity contribution in [2.24, 2.45) is 7.05 Å². The summed E-state index contributed by atoms with van der Waals surface area (Å²) in [5.74, 6) is -1.24. The van der Waals surface area contributed by atoms with Gasteiger partial charge in [-0.3, -0.25) is 9.59 Å². The van der Waals surface area contributed by atoms with E-state index < -0.39 is 24.0 Å². The molecule has 0 aliphatic heterocycles. The second-order valence-corrected chi connectivity index (χ2v) is 8.62. The smallest absolute Gasteiger partial charge is 0.407 e. The van der Waals surface area contributed by atoms with Gasteiger partial charge in [0, 0.05) is 19.4 Å². The number of nitrogens with one attached hydrogen (secondary N) is 2. The first-order valence-electron chi connectivity index (χ1n) is 11.1. The van der Waals surface area contributed by atoms with E-state index in [2.05, 4.69) is 15.6 Å². The predicted octanol–water partition coefficient (Wildman–Crippen LogP) is 3.46. The van der Waals surface area contributed by atoms with Crippen molar-refractivity contribution < 1.29 is 24.2 Å². The number of carbonyl (C=O) groups is 3. The van der Waals surface area contributed by atoms with E-state index in [9.17, 15) is 14.4 Å². The quantitative estimate of drug-likeness (QED) is 0.417. The molecule has 1 aliphatic rings.